The number of rotatable bonds is 4. The van der Waals surface area contributed by atoms with Gasteiger partial charge in [0.1, 0.15) is 17.3 Å². The van der Waals surface area contributed by atoms with Gasteiger partial charge in [-0.1, -0.05) is 15.9 Å². The van der Waals surface area contributed by atoms with Gasteiger partial charge < -0.3 is 15.2 Å². The smallest absolute Gasteiger partial charge is 0.133 e. The summed E-state index contributed by atoms with van der Waals surface area (Å²) in [5, 5.41) is 0. The van der Waals surface area contributed by atoms with Crippen LogP contribution in [-0.2, 0) is 0 Å². The van der Waals surface area contributed by atoms with Gasteiger partial charge in [0.2, 0.25) is 0 Å². The molecule has 0 saturated carbocycles. The molecule has 0 bridgehead atoms. The number of methoxy groups -OCH3 is 2. The van der Waals surface area contributed by atoms with Gasteiger partial charge in [-0.2, -0.15) is 0 Å². The summed E-state index contributed by atoms with van der Waals surface area (Å²) >= 11 is 6.80. The Kier molecular flexibility index (Phi) is 5.24. The van der Waals surface area contributed by atoms with Gasteiger partial charge in [0.05, 0.1) is 24.7 Å². The molecule has 0 heterocycles. The van der Waals surface area contributed by atoms with Gasteiger partial charge >= 0.3 is 0 Å². The zero-order chi connectivity index (χ0) is 15.6. The molecule has 1 atom stereocenters. The fourth-order valence-electron chi connectivity index (χ4n) is 2.05. The summed E-state index contributed by atoms with van der Waals surface area (Å²) in [5.41, 5.74) is 7.64. The average Bonchev–Trinajstić information content (AvgIpc) is 2.48. The first-order chi connectivity index (χ1) is 9.97. The Morgan fingerprint density at radius 1 is 0.952 bits per heavy atom. The minimum absolute atomic E-state index is 0.341. The van der Waals surface area contributed by atoms with E-state index < -0.39 is 6.04 Å². The predicted molar refractivity (Wildman–Crippen MR) is 87.4 cm³/mol. The molecular formula is C15H14Br2FNO2. The number of benzene rings is 2. The Labute approximate surface area is 139 Å². The number of hydrogen-bond donors (Lipinski definition) is 1. The molecule has 0 spiro atoms. The summed E-state index contributed by atoms with van der Waals surface area (Å²) in [6.07, 6.45) is 0. The molecule has 0 aromatic heterocycles. The van der Waals surface area contributed by atoms with Crippen LogP contribution in [-0.4, -0.2) is 14.2 Å². The first-order valence-corrected chi connectivity index (χ1v) is 7.68. The van der Waals surface area contributed by atoms with Crippen molar-refractivity contribution < 1.29 is 13.9 Å². The topological polar surface area (TPSA) is 44.5 Å². The van der Waals surface area contributed by atoms with Crippen LogP contribution < -0.4 is 15.2 Å². The highest BCUT2D eigenvalue weighted by molar-refractivity contribution is 9.10. The summed E-state index contributed by atoms with van der Waals surface area (Å²) < 4.78 is 25.6. The van der Waals surface area contributed by atoms with Crippen molar-refractivity contribution in [3.8, 4) is 11.5 Å². The van der Waals surface area contributed by atoms with Crippen LogP contribution in [0.5, 0.6) is 11.5 Å². The molecule has 0 radical (unpaired) electrons. The molecule has 1 unspecified atom stereocenters. The van der Waals surface area contributed by atoms with Crippen LogP contribution in [0.3, 0.4) is 0 Å². The molecule has 0 aliphatic carbocycles. The third-order valence-corrected chi connectivity index (χ3v) is 4.47. The van der Waals surface area contributed by atoms with Gasteiger partial charge in [-0.3, -0.25) is 0 Å². The standard InChI is InChI=1S/C15H14Br2FNO2/c1-20-13-7-12(17)14(21-2)6-10(13)15(19)9-5-8(18)3-4-11(9)16/h3-7,15H,19H2,1-2H3. The van der Waals surface area contributed by atoms with Crippen LogP contribution in [0.1, 0.15) is 17.2 Å². The van der Waals surface area contributed by atoms with E-state index >= 15 is 0 Å². The zero-order valence-electron chi connectivity index (χ0n) is 11.5. The molecule has 2 rings (SSSR count). The molecule has 0 aliphatic heterocycles. The molecule has 0 amide bonds. The summed E-state index contributed by atoms with van der Waals surface area (Å²) in [7, 11) is 3.13. The lowest BCUT2D eigenvalue weighted by molar-refractivity contribution is 0.395. The van der Waals surface area contributed by atoms with E-state index in [1.165, 1.54) is 12.1 Å². The monoisotopic (exact) mass is 417 g/mol. The molecule has 21 heavy (non-hydrogen) atoms. The van der Waals surface area contributed by atoms with E-state index in [1.807, 2.05) is 0 Å². The lowest BCUT2D eigenvalue weighted by Crippen LogP contribution is -2.14. The third kappa shape index (κ3) is 3.39. The fraction of sp³-hybridized carbons (Fsp3) is 0.200. The molecule has 6 heteroatoms. The van der Waals surface area contributed by atoms with Crippen molar-refractivity contribution in [1.29, 1.82) is 0 Å². The SMILES string of the molecule is COc1cc(C(N)c2cc(F)ccc2Br)c(OC)cc1Br. The highest BCUT2D eigenvalue weighted by atomic mass is 79.9. The van der Waals surface area contributed by atoms with Gasteiger partial charge in [-0.05, 0) is 51.8 Å². The maximum absolute atomic E-state index is 13.5. The summed E-state index contributed by atoms with van der Waals surface area (Å²) in [5.74, 6) is 0.895. The normalized spacial score (nSPS) is 12.1. The van der Waals surface area contributed by atoms with Gasteiger partial charge in [-0.25, -0.2) is 4.39 Å². The molecule has 112 valence electrons. The molecular weight excluding hydrogens is 405 g/mol. The van der Waals surface area contributed by atoms with E-state index in [2.05, 4.69) is 31.9 Å². The van der Waals surface area contributed by atoms with Crippen molar-refractivity contribution >= 4 is 31.9 Å². The first-order valence-electron chi connectivity index (χ1n) is 6.10. The van der Waals surface area contributed by atoms with Crippen LogP contribution in [0.25, 0.3) is 0 Å². The highest BCUT2D eigenvalue weighted by Gasteiger charge is 2.19. The van der Waals surface area contributed by atoms with E-state index in [0.29, 0.717) is 22.6 Å². The number of ether oxygens (including phenoxy) is 2. The molecule has 0 aliphatic rings. The lowest BCUT2D eigenvalue weighted by atomic mass is 9.98. The fourth-order valence-corrected chi connectivity index (χ4v) is 3.03. The van der Waals surface area contributed by atoms with Crippen molar-refractivity contribution in [1.82, 2.24) is 0 Å². The second-order valence-corrected chi connectivity index (χ2v) is 6.08. The van der Waals surface area contributed by atoms with Crippen molar-refractivity contribution in [3.05, 3.63) is 56.2 Å². The van der Waals surface area contributed by atoms with Gasteiger partial charge in [-0.15, -0.1) is 0 Å². The quantitative estimate of drug-likeness (QED) is 0.799. The molecule has 3 nitrogen and oxygen atoms in total. The largest absolute Gasteiger partial charge is 0.496 e. The number of nitrogens with two attached hydrogens (primary N) is 1. The minimum atomic E-state index is -0.549. The van der Waals surface area contributed by atoms with E-state index in [1.54, 1.807) is 32.4 Å². The average molecular weight is 419 g/mol. The van der Waals surface area contributed by atoms with E-state index in [4.69, 9.17) is 15.2 Å². The second kappa shape index (κ2) is 6.77. The lowest BCUT2D eigenvalue weighted by Gasteiger charge is -2.19. The summed E-state index contributed by atoms with van der Waals surface area (Å²) in [4.78, 5) is 0. The molecule has 0 saturated heterocycles. The van der Waals surface area contributed by atoms with Crippen molar-refractivity contribution in [2.24, 2.45) is 5.73 Å². The maximum Gasteiger partial charge on any atom is 0.133 e. The van der Waals surface area contributed by atoms with Crippen molar-refractivity contribution in [2.45, 2.75) is 6.04 Å². The Hall–Kier alpha value is -1.11. The number of hydrogen-bond acceptors (Lipinski definition) is 3. The van der Waals surface area contributed by atoms with Crippen LogP contribution in [0.15, 0.2) is 39.3 Å². The minimum Gasteiger partial charge on any atom is -0.496 e. The number of halogens is 3. The highest BCUT2D eigenvalue weighted by Crippen LogP contribution is 2.38. The van der Waals surface area contributed by atoms with E-state index in [0.717, 1.165) is 8.95 Å². The zero-order valence-corrected chi connectivity index (χ0v) is 14.7. The van der Waals surface area contributed by atoms with Gasteiger partial charge in [0, 0.05) is 10.0 Å². The molecule has 2 aromatic carbocycles. The Balaban J connectivity index is 2.56. The first kappa shape index (κ1) is 16.3. The van der Waals surface area contributed by atoms with Crippen molar-refractivity contribution in [3.63, 3.8) is 0 Å². The van der Waals surface area contributed by atoms with Gasteiger partial charge in [0.15, 0.2) is 0 Å². The Morgan fingerprint density at radius 3 is 2.24 bits per heavy atom. The molecule has 2 aromatic rings. The van der Waals surface area contributed by atoms with E-state index in [9.17, 15) is 4.39 Å². The van der Waals surface area contributed by atoms with Crippen LogP contribution in [0, 0.1) is 5.82 Å². The Morgan fingerprint density at radius 2 is 1.62 bits per heavy atom. The van der Waals surface area contributed by atoms with Crippen LogP contribution in [0.2, 0.25) is 0 Å². The maximum atomic E-state index is 13.5. The van der Waals surface area contributed by atoms with E-state index in [-0.39, 0.29) is 5.82 Å². The molecule has 2 N–H and O–H groups in total. The van der Waals surface area contributed by atoms with Crippen molar-refractivity contribution in [2.75, 3.05) is 14.2 Å². The van der Waals surface area contributed by atoms with Crippen LogP contribution in [0.4, 0.5) is 4.39 Å². The van der Waals surface area contributed by atoms with Crippen LogP contribution >= 0.6 is 31.9 Å². The Bertz CT molecular complexity index is 664. The summed E-state index contributed by atoms with van der Waals surface area (Å²) in [6, 6.07) is 7.42. The predicted octanol–water partition coefficient (Wildman–Crippen LogP) is 4.42. The second-order valence-electron chi connectivity index (χ2n) is 4.37. The third-order valence-electron chi connectivity index (χ3n) is 3.13. The molecule has 0 fully saturated rings. The summed E-state index contributed by atoms with van der Waals surface area (Å²) in [6.45, 7) is 0. The van der Waals surface area contributed by atoms with Gasteiger partial charge in [0.25, 0.3) is 0 Å².